The number of hydrogen-bond donors (Lipinski definition) is 0. The molecular formula is C18H18ClN3O2. The number of methoxy groups -OCH3 is 2. The van der Waals surface area contributed by atoms with Crippen LogP contribution in [0.1, 0.15) is 5.56 Å². The number of nitrogens with zero attached hydrogens (tertiary/aromatic N) is 3. The summed E-state index contributed by atoms with van der Waals surface area (Å²) in [7, 11) is 5.17. The van der Waals surface area contributed by atoms with Crippen molar-refractivity contribution in [2.45, 2.75) is 6.54 Å². The highest BCUT2D eigenvalue weighted by Gasteiger charge is 2.15. The number of halogens is 1. The minimum atomic E-state index is 0.199. The first-order valence-electron chi connectivity index (χ1n) is 7.46. The summed E-state index contributed by atoms with van der Waals surface area (Å²) < 4.78 is 10.7. The topological polar surface area (TPSA) is 47.5 Å². The summed E-state index contributed by atoms with van der Waals surface area (Å²) in [6.45, 7) is 0.706. The second-order valence-electron chi connectivity index (χ2n) is 5.38. The Hall–Kier alpha value is -2.53. The molecule has 0 saturated heterocycles. The molecule has 0 fully saturated rings. The molecule has 0 spiro atoms. The van der Waals surface area contributed by atoms with Crippen molar-refractivity contribution in [3.63, 3.8) is 0 Å². The fraction of sp³-hybridized carbons (Fsp3) is 0.222. The number of aromatic nitrogens is 2. The minimum absolute atomic E-state index is 0.199. The molecule has 0 bridgehead atoms. The SMILES string of the molecule is COc1cc2nc(Cl)nc(N(C)Cc3ccccc3)c2cc1OC. The van der Waals surface area contributed by atoms with Crippen LogP contribution in [0.25, 0.3) is 10.9 Å². The molecule has 3 aromatic rings. The summed E-state index contributed by atoms with van der Waals surface area (Å²) in [6.07, 6.45) is 0. The average molecular weight is 344 g/mol. The number of benzene rings is 2. The first-order valence-corrected chi connectivity index (χ1v) is 7.84. The summed E-state index contributed by atoms with van der Waals surface area (Å²) in [6, 6.07) is 13.9. The molecule has 0 N–H and O–H groups in total. The van der Waals surface area contributed by atoms with Crippen molar-refractivity contribution in [3.05, 3.63) is 53.3 Å². The maximum Gasteiger partial charge on any atom is 0.224 e. The Balaban J connectivity index is 2.09. The largest absolute Gasteiger partial charge is 0.493 e. The Morgan fingerprint density at radius 2 is 1.67 bits per heavy atom. The highest BCUT2D eigenvalue weighted by molar-refractivity contribution is 6.28. The lowest BCUT2D eigenvalue weighted by molar-refractivity contribution is 0.356. The van der Waals surface area contributed by atoms with Gasteiger partial charge in [-0.3, -0.25) is 0 Å². The fourth-order valence-electron chi connectivity index (χ4n) is 2.64. The summed E-state index contributed by atoms with van der Waals surface area (Å²) in [5, 5.41) is 1.06. The van der Waals surface area contributed by atoms with Crippen LogP contribution < -0.4 is 14.4 Å². The van der Waals surface area contributed by atoms with E-state index in [1.807, 2.05) is 42.3 Å². The van der Waals surface area contributed by atoms with Crippen LogP contribution in [0.15, 0.2) is 42.5 Å². The van der Waals surface area contributed by atoms with Gasteiger partial charge in [-0.15, -0.1) is 0 Å². The smallest absolute Gasteiger partial charge is 0.224 e. The van der Waals surface area contributed by atoms with E-state index in [0.29, 0.717) is 23.6 Å². The summed E-state index contributed by atoms with van der Waals surface area (Å²) in [5.74, 6) is 1.98. The van der Waals surface area contributed by atoms with Crippen LogP contribution >= 0.6 is 11.6 Å². The molecule has 124 valence electrons. The van der Waals surface area contributed by atoms with Crippen LogP contribution in [0.3, 0.4) is 0 Å². The van der Waals surface area contributed by atoms with Crippen LogP contribution in [0.4, 0.5) is 5.82 Å². The van der Waals surface area contributed by atoms with Gasteiger partial charge in [0.25, 0.3) is 0 Å². The van der Waals surface area contributed by atoms with E-state index in [4.69, 9.17) is 21.1 Å². The van der Waals surface area contributed by atoms with Gasteiger partial charge in [-0.25, -0.2) is 4.98 Å². The van der Waals surface area contributed by atoms with E-state index in [1.165, 1.54) is 5.56 Å². The second-order valence-corrected chi connectivity index (χ2v) is 5.72. The van der Waals surface area contributed by atoms with Gasteiger partial charge in [0.2, 0.25) is 5.28 Å². The van der Waals surface area contributed by atoms with Crippen LogP contribution in [-0.4, -0.2) is 31.2 Å². The molecule has 2 aromatic carbocycles. The zero-order valence-electron chi connectivity index (χ0n) is 13.8. The molecular weight excluding hydrogens is 326 g/mol. The van der Waals surface area contributed by atoms with Crippen LogP contribution in [0.2, 0.25) is 5.28 Å². The van der Waals surface area contributed by atoms with E-state index in [0.717, 1.165) is 11.2 Å². The van der Waals surface area contributed by atoms with E-state index in [-0.39, 0.29) is 5.28 Å². The van der Waals surface area contributed by atoms with Crippen molar-refractivity contribution in [1.82, 2.24) is 9.97 Å². The number of fused-ring (bicyclic) bond motifs is 1. The Morgan fingerprint density at radius 3 is 2.33 bits per heavy atom. The fourth-order valence-corrected chi connectivity index (χ4v) is 2.81. The third kappa shape index (κ3) is 3.21. The first-order chi connectivity index (χ1) is 11.6. The lowest BCUT2D eigenvalue weighted by atomic mass is 10.1. The van der Waals surface area contributed by atoms with Crippen LogP contribution in [-0.2, 0) is 6.54 Å². The van der Waals surface area contributed by atoms with Crippen LogP contribution in [0, 0.1) is 0 Å². The number of ether oxygens (including phenoxy) is 2. The van der Waals surface area contributed by atoms with Crippen molar-refractivity contribution in [2.24, 2.45) is 0 Å². The number of anilines is 1. The molecule has 0 atom stereocenters. The van der Waals surface area contributed by atoms with Gasteiger partial charge in [0.15, 0.2) is 11.5 Å². The van der Waals surface area contributed by atoms with Crippen molar-refractivity contribution in [1.29, 1.82) is 0 Å². The van der Waals surface area contributed by atoms with Gasteiger partial charge >= 0.3 is 0 Å². The molecule has 0 unspecified atom stereocenters. The van der Waals surface area contributed by atoms with Crippen LogP contribution in [0.5, 0.6) is 11.5 Å². The maximum absolute atomic E-state index is 6.12. The summed E-state index contributed by atoms with van der Waals surface area (Å²) in [5.41, 5.74) is 1.89. The molecule has 24 heavy (non-hydrogen) atoms. The lowest BCUT2D eigenvalue weighted by Crippen LogP contribution is -2.18. The second kappa shape index (κ2) is 6.93. The predicted octanol–water partition coefficient (Wildman–Crippen LogP) is 3.94. The summed E-state index contributed by atoms with van der Waals surface area (Å²) >= 11 is 6.12. The van der Waals surface area contributed by atoms with Gasteiger partial charge in [-0.05, 0) is 23.2 Å². The number of hydrogen-bond acceptors (Lipinski definition) is 5. The molecule has 6 heteroatoms. The molecule has 0 saturated carbocycles. The van der Waals surface area contributed by atoms with Gasteiger partial charge in [-0.2, -0.15) is 4.98 Å². The van der Waals surface area contributed by atoms with Gasteiger partial charge in [0.05, 0.1) is 19.7 Å². The average Bonchev–Trinajstić information content (AvgIpc) is 2.60. The molecule has 0 amide bonds. The van der Waals surface area contributed by atoms with Crippen molar-refractivity contribution in [2.75, 3.05) is 26.2 Å². The third-order valence-electron chi connectivity index (χ3n) is 3.78. The summed E-state index contributed by atoms with van der Waals surface area (Å²) in [4.78, 5) is 10.8. The monoisotopic (exact) mass is 343 g/mol. The molecule has 0 aliphatic heterocycles. The molecule has 5 nitrogen and oxygen atoms in total. The van der Waals surface area contributed by atoms with Gasteiger partial charge in [0, 0.05) is 25.0 Å². The molecule has 0 radical (unpaired) electrons. The molecule has 1 aromatic heterocycles. The predicted molar refractivity (Wildman–Crippen MR) is 96.2 cm³/mol. The first kappa shape index (κ1) is 16.3. The van der Waals surface area contributed by atoms with E-state index in [1.54, 1.807) is 14.2 Å². The van der Waals surface area contributed by atoms with E-state index in [2.05, 4.69) is 22.1 Å². The third-order valence-corrected chi connectivity index (χ3v) is 3.95. The molecule has 0 aliphatic rings. The van der Waals surface area contributed by atoms with E-state index < -0.39 is 0 Å². The molecule has 1 heterocycles. The van der Waals surface area contributed by atoms with Gasteiger partial charge in [-0.1, -0.05) is 30.3 Å². The van der Waals surface area contributed by atoms with Gasteiger partial charge < -0.3 is 14.4 Å². The zero-order valence-corrected chi connectivity index (χ0v) is 14.5. The highest BCUT2D eigenvalue weighted by Crippen LogP contribution is 2.35. The normalized spacial score (nSPS) is 10.7. The maximum atomic E-state index is 6.12. The Kier molecular flexibility index (Phi) is 4.71. The number of rotatable bonds is 5. The van der Waals surface area contributed by atoms with Crippen molar-refractivity contribution < 1.29 is 9.47 Å². The lowest BCUT2D eigenvalue weighted by Gasteiger charge is -2.21. The van der Waals surface area contributed by atoms with Crippen molar-refractivity contribution in [3.8, 4) is 11.5 Å². The standard InChI is InChI=1S/C18H18ClN3O2/c1-22(11-12-7-5-4-6-8-12)17-13-9-15(23-2)16(24-3)10-14(13)20-18(19)21-17/h4-10H,11H2,1-3H3. The minimum Gasteiger partial charge on any atom is -0.493 e. The van der Waals surface area contributed by atoms with Gasteiger partial charge in [0.1, 0.15) is 5.82 Å². The Morgan fingerprint density at radius 1 is 1.00 bits per heavy atom. The highest BCUT2D eigenvalue weighted by atomic mass is 35.5. The Labute approximate surface area is 145 Å². The van der Waals surface area contributed by atoms with E-state index in [9.17, 15) is 0 Å². The molecule has 0 aliphatic carbocycles. The van der Waals surface area contributed by atoms with Crippen molar-refractivity contribution >= 4 is 28.3 Å². The Bertz CT molecular complexity index is 856. The zero-order chi connectivity index (χ0) is 17.1. The quantitative estimate of drug-likeness (QED) is 0.657. The molecule has 3 rings (SSSR count). The van der Waals surface area contributed by atoms with E-state index >= 15 is 0 Å².